The van der Waals surface area contributed by atoms with Gasteiger partial charge < -0.3 is 4.90 Å². The molecule has 1 unspecified atom stereocenters. The van der Waals surface area contributed by atoms with Crippen molar-refractivity contribution in [2.45, 2.75) is 25.3 Å². The van der Waals surface area contributed by atoms with Gasteiger partial charge in [0.25, 0.3) is 11.8 Å². The van der Waals surface area contributed by atoms with Crippen LogP contribution in [0.25, 0.3) is 0 Å². The molecule has 2 amide bonds. The molecule has 3 rings (SSSR count). The van der Waals surface area contributed by atoms with Gasteiger partial charge in [0, 0.05) is 12.6 Å². The van der Waals surface area contributed by atoms with E-state index in [1.807, 2.05) is 6.07 Å². The SMILES string of the molecule is CN(C)C(CCCCN1C(=O)c2ccccc2C1=O)c1ccccc1. The predicted molar refractivity (Wildman–Crippen MR) is 98.5 cm³/mol. The first kappa shape index (κ1) is 17.4. The average Bonchev–Trinajstić information content (AvgIpc) is 2.87. The minimum absolute atomic E-state index is 0.159. The molecule has 1 heterocycles. The molecule has 0 bridgehead atoms. The summed E-state index contributed by atoms with van der Waals surface area (Å²) >= 11 is 0. The third-order valence-electron chi connectivity index (χ3n) is 4.80. The van der Waals surface area contributed by atoms with Crippen LogP contribution in [0.1, 0.15) is 51.6 Å². The van der Waals surface area contributed by atoms with E-state index in [0.717, 1.165) is 19.3 Å². The van der Waals surface area contributed by atoms with Crippen LogP contribution in [-0.2, 0) is 0 Å². The van der Waals surface area contributed by atoms with Crippen molar-refractivity contribution in [1.29, 1.82) is 0 Å². The molecule has 1 aliphatic rings. The van der Waals surface area contributed by atoms with Crippen molar-refractivity contribution in [2.24, 2.45) is 0 Å². The number of nitrogens with zero attached hydrogens (tertiary/aromatic N) is 2. The third-order valence-corrected chi connectivity index (χ3v) is 4.80. The number of rotatable bonds is 7. The summed E-state index contributed by atoms with van der Waals surface area (Å²) in [5.41, 5.74) is 2.36. The number of amides is 2. The molecule has 0 saturated heterocycles. The maximum absolute atomic E-state index is 12.4. The molecule has 2 aromatic carbocycles. The highest BCUT2D eigenvalue weighted by Crippen LogP contribution is 2.26. The second kappa shape index (κ2) is 7.62. The Balaban J connectivity index is 1.55. The van der Waals surface area contributed by atoms with Gasteiger partial charge in [-0.1, -0.05) is 42.5 Å². The van der Waals surface area contributed by atoms with E-state index in [2.05, 4.69) is 43.3 Å². The lowest BCUT2D eigenvalue weighted by atomic mass is 10.00. The molecular weight excluding hydrogens is 312 g/mol. The van der Waals surface area contributed by atoms with Crippen LogP contribution in [0.3, 0.4) is 0 Å². The van der Waals surface area contributed by atoms with E-state index in [1.54, 1.807) is 24.3 Å². The van der Waals surface area contributed by atoms with Crippen molar-refractivity contribution in [2.75, 3.05) is 20.6 Å². The van der Waals surface area contributed by atoms with Gasteiger partial charge >= 0.3 is 0 Å². The van der Waals surface area contributed by atoms with Crippen LogP contribution in [0.15, 0.2) is 54.6 Å². The molecular formula is C21H24N2O2. The number of hydrogen-bond acceptors (Lipinski definition) is 3. The second-order valence-electron chi connectivity index (χ2n) is 6.69. The normalized spacial score (nSPS) is 14.9. The fourth-order valence-electron chi connectivity index (χ4n) is 3.45. The number of hydrogen-bond donors (Lipinski definition) is 0. The predicted octanol–water partition coefficient (Wildman–Crippen LogP) is 3.76. The summed E-state index contributed by atoms with van der Waals surface area (Å²) in [6, 6.07) is 17.9. The highest BCUT2D eigenvalue weighted by Gasteiger charge is 2.34. The highest BCUT2D eigenvalue weighted by atomic mass is 16.2. The molecule has 0 fully saturated rings. The third kappa shape index (κ3) is 3.64. The Labute approximate surface area is 149 Å². The topological polar surface area (TPSA) is 40.6 Å². The summed E-state index contributed by atoms with van der Waals surface area (Å²) in [5, 5.41) is 0. The summed E-state index contributed by atoms with van der Waals surface area (Å²) in [7, 11) is 4.17. The van der Waals surface area contributed by atoms with E-state index in [0.29, 0.717) is 23.7 Å². The van der Waals surface area contributed by atoms with Crippen LogP contribution in [-0.4, -0.2) is 42.3 Å². The molecule has 25 heavy (non-hydrogen) atoms. The zero-order chi connectivity index (χ0) is 17.8. The lowest BCUT2D eigenvalue weighted by Gasteiger charge is -2.25. The van der Waals surface area contributed by atoms with Gasteiger partial charge in [-0.15, -0.1) is 0 Å². The average molecular weight is 336 g/mol. The summed E-state index contributed by atoms with van der Waals surface area (Å²) in [6.45, 7) is 0.487. The van der Waals surface area contributed by atoms with Crippen molar-refractivity contribution >= 4 is 11.8 Å². The summed E-state index contributed by atoms with van der Waals surface area (Å²) in [6.07, 6.45) is 2.79. The molecule has 4 heteroatoms. The number of unbranched alkanes of at least 4 members (excludes halogenated alkanes) is 1. The molecule has 4 nitrogen and oxygen atoms in total. The second-order valence-corrected chi connectivity index (χ2v) is 6.69. The molecule has 0 radical (unpaired) electrons. The number of carbonyl (C=O) groups is 2. The van der Waals surface area contributed by atoms with Crippen molar-refractivity contribution in [3.8, 4) is 0 Å². The Hall–Kier alpha value is -2.46. The van der Waals surface area contributed by atoms with Crippen molar-refractivity contribution in [3.05, 3.63) is 71.3 Å². The van der Waals surface area contributed by atoms with Crippen molar-refractivity contribution in [1.82, 2.24) is 9.80 Å². The maximum atomic E-state index is 12.4. The first-order valence-corrected chi connectivity index (χ1v) is 8.76. The van der Waals surface area contributed by atoms with E-state index in [-0.39, 0.29) is 11.8 Å². The molecule has 1 aliphatic heterocycles. The Morgan fingerprint density at radius 3 is 1.96 bits per heavy atom. The Morgan fingerprint density at radius 2 is 1.40 bits per heavy atom. The molecule has 0 aromatic heterocycles. The molecule has 0 aliphatic carbocycles. The highest BCUT2D eigenvalue weighted by molar-refractivity contribution is 6.21. The molecule has 0 saturated carbocycles. The molecule has 2 aromatic rings. The van der Waals surface area contributed by atoms with Crippen LogP contribution in [0.4, 0.5) is 0 Å². The minimum atomic E-state index is -0.159. The first-order valence-electron chi connectivity index (χ1n) is 8.76. The monoisotopic (exact) mass is 336 g/mol. The zero-order valence-corrected chi connectivity index (χ0v) is 14.8. The fourth-order valence-corrected chi connectivity index (χ4v) is 3.45. The van der Waals surface area contributed by atoms with E-state index < -0.39 is 0 Å². The Kier molecular flexibility index (Phi) is 5.29. The summed E-state index contributed by atoms with van der Waals surface area (Å²) < 4.78 is 0. The fraction of sp³-hybridized carbons (Fsp3) is 0.333. The lowest BCUT2D eigenvalue weighted by Crippen LogP contribution is -2.30. The van der Waals surface area contributed by atoms with Crippen LogP contribution in [0, 0.1) is 0 Å². The summed E-state index contributed by atoms with van der Waals surface area (Å²) in [4.78, 5) is 28.3. The van der Waals surface area contributed by atoms with Crippen LogP contribution < -0.4 is 0 Å². The summed E-state index contributed by atoms with van der Waals surface area (Å²) in [5.74, 6) is -0.319. The minimum Gasteiger partial charge on any atom is -0.302 e. The molecule has 1 atom stereocenters. The van der Waals surface area contributed by atoms with E-state index in [1.165, 1.54) is 10.5 Å². The van der Waals surface area contributed by atoms with Gasteiger partial charge in [-0.2, -0.15) is 0 Å². The van der Waals surface area contributed by atoms with Gasteiger partial charge in [0.15, 0.2) is 0 Å². The number of carbonyl (C=O) groups excluding carboxylic acids is 2. The van der Waals surface area contributed by atoms with Crippen molar-refractivity contribution < 1.29 is 9.59 Å². The first-order chi connectivity index (χ1) is 12.1. The Bertz CT molecular complexity index is 721. The number of benzene rings is 2. The quantitative estimate of drug-likeness (QED) is 0.571. The Morgan fingerprint density at radius 1 is 0.840 bits per heavy atom. The van der Waals surface area contributed by atoms with Gasteiger partial charge in [0.1, 0.15) is 0 Å². The maximum Gasteiger partial charge on any atom is 0.261 e. The molecule has 130 valence electrons. The van der Waals surface area contributed by atoms with Gasteiger partial charge in [0.05, 0.1) is 11.1 Å². The van der Waals surface area contributed by atoms with Crippen LogP contribution in [0.5, 0.6) is 0 Å². The van der Waals surface area contributed by atoms with Gasteiger partial charge in [-0.25, -0.2) is 0 Å². The van der Waals surface area contributed by atoms with Gasteiger partial charge in [0.2, 0.25) is 0 Å². The lowest BCUT2D eigenvalue weighted by molar-refractivity contribution is 0.0650. The molecule has 0 spiro atoms. The van der Waals surface area contributed by atoms with Crippen molar-refractivity contribution in [3.63, 3.8) is 0 Å². The zero-order valence-electron chi connectivity index (χ0n) is 14.8. The number of fused-ring (bicyclic) bond motifs is 1. The largest absolute Gasteiger partial charge is 0.302 e. The standard InChI is InChI=1S/C21H24N2O2/c1-22(2)19(16-10-4-3-5-11-16)14-8-9-15-23-20(24)17-12-6-7-13-18(17)21(23)25/h3-7,10-13,19H,8-9,14-15H2,1-2H3. The number of imide groups is 1. The molecule has 0 N–H and O–H groups in total. The van der Waals surface area contributed by atoms with E-state index >= 15 is 0 Å². The van der Waals surface area contributed by atoms with Crippen LogP contribution in [0.2, 0.25) is 0 Å². The van der Waals surface area contributed by atoms with E-state index in [4.69, 9.17) is 0 Å². The van der Waals surface area contributed by atoms with Gasteiger partial charge in [-0.3, -0.25) is 14.5 Å². The van der Waals surface area contributed by atoms with Crippen LogP contribution >= 0.6 is 0 Å². The smallest absolute Gasteiger partial charge is 0.261 e. The van der Waals surface area contributed by atoms with Gasteiger partial charge in [-0.05, 0) is 51.1 Å². The van der Waals surface area contributed by atoms with E-state index in [9.17, 15) is 9.59 Å².